The van der Waals surface area contributed by atoms with Gasteiger partial charge in [0.15, 0.2) is 5.82 Å². The van der Waals surface area contributed by atoms with Crippen LogP contribution >= 0.6 is 0 Å². The Balaban J connectivity index is 2.14. The lowest BCUT2D eigenvalue weighted by Gasteiger charge is -2.18. The van der Waals surface area contributed by atoms with Crippen LogP contribution in [0.2, 0.25) is 0 Å². The predicted octanol–water partition coefficient (Wildman–Crippen LogP) is 2.03. The lowest BCUT2D eigenvalue weighted by atomic mass is 10.1. The number of hydrogen-bond acceptors (Lipinski definition) is 4. The van der Waals surface area contributed by atoms with Crippen LogP contribution in [-0.4, -0.2) is 17.0 Å². The molecule has 0 bridgehead atoms. The van der Waals surface area contributed by atoms with Gasteiger partial charge >= 0.3 is 0 Å². The highest BCUT2D eigenvalue weighted by molar-refractivity contribution is 5.51. The molecule has 6 heteroatoms. The van der Waals surface area contributed by atoms with Gasteiger partial charge in [-0.2, -0.15) is 0 Å². The van der Waals surface area contributed by atoms with Crippen molar-refractivity contribution in [2.75, 3.05) is 5.32 Å². The molecule has 0 spiro atoms. The van der Waals surface area contributed by atoms with Gasteiger partial charge in [0.05, 0.1) is 16.7 Å². The fraction of sp³-hybridized carbons (Fsp3) is 0.455. The van der Waals surface area contributed by atoms with Gasteiger partial charge in [0.1, 0.15) is 0 Å². The van der Waals surface area contributed by atoms with Crippen molar-refractivity contribution in [2.24, 2.45) is 5.73 Å². The summed E-state index contributed by atoms with van der Waals surface area (Å²) in [5, 5.41) is 13.5. The number of non-ortho nitro benzene ring substituents is 1. The Labute approximate surface area is 98.0 Å². The molecular weight excluding hydrogens is 225 g/mol. The maximum absolute atomic E-state index is 13.6. The molecule has 5 nitrogen and oxygen atoms in total. The molecule has 1 aromatic carbocycles. The SMILES string of the molecule is NC1CCCC1Nc1ccc([N+](=O)[O-])cc1F. The zero-order valence-corrected chi connectivity index (χ0v) is 9.23. The summed E-state index contributed by atoms with van der Waals surface area (Å²) in [6.45, 7) is 0. The second kappa shape index (κ2) is 4.67. The first kappa shape index (κ1) is 11.8. The Kier molecular flexibility index (Phi) is 3.23. The number of nitrogens with two attached hydrogens (primary N) is 1. The predicted molar refractivity (Wildman–Crippen MR) is 62.3 cm³/mol. The molecule has 1 aliphatic carbocycles. The van der Waals surface area contributed by atoms with Crippen LogP contribution in [-0.2, 0) is 0 Å². The van der Waals surface area contributed by atoms with Crippen molar-refractivity contribution >= 4 is 11.4 Å². The molecule has 17 heavy (non-hydrogen) atoms. The van der Waals surface area contributed by atoms with Crippen molar-refractivity contribution in [1.82, 2.24) is 0 Å². The van der Waals surface area contributed by atoms with Gasteiger partial charge in [0, 0.05) is 18.2 Å². The van der Waals surface area contributed by atoms with Crippen LogP contribution < -0.4 is 11.1 Å². The number of rotatable bonds is 3. The summed E-state index contributed by atoms with van der Waals surface area (Å²) in [5.74, 6) is -0.613. The maximum Gasteiger partial charge on any atom is 0.272 e. The van der Waals surface area contributed by atoms with Crippen LogP contribution in [0.3, 0.4) is 0 Å². The first-order valence-corrected chi connectivity index (χ1v) is 5.54. The molecule has 2 atom stereocenters. The lowest BCUT2D eigenvalue weighted by molar-refractivity contribution is -0.385. The van der Waals surface area contributed by atoms with Gasteiger partial charge in [-0.05, 0) is 25.3 Å². The van der Waals surface area contributed by atoms with Gasteiger partial charge in [-0.15, -0.1) is 0 Å². The Bertz CT molecular complexity index is 439. The van der Waals surface area contributed by atoms with Crippen molar-refractivity contribution in [3.63, 3.8) is 0 Å². The fourth-order valence-electron chi connectivity index (χ4n) is 2.10. The van der Waals surface area contributed by atoms with E-state index in [-0.39, 0.29) is 23.5 Å². The van der Waals surface area contributed by atoms with E-state index in [0.717, 1.165) is 25.3 Å². The minimum Gasteiger partial charge on any atom is -0.378 e. The average molecular weight is 239 g/mol. The lowest BCUT2D eigenvalue weighted by Crippen LogP contribution is -2.35. The van der Waals surface area contributed by atoms with E-state index in [0.29, 0.717) is 0 Å². The molecule has 1 aromatic rings. The largest absolute Gasteiger partial charge is 0.378 e. The second-order valence-electron chi connectivity index (χ2n) is 4.27. The van der Waals surface area contributed by atoms with E-state index in [1.54, 1.807) is 0 Å². The fourth-order valence-corrected chi connectivity index (χ4v) is 2.10. The number of anilines is 1. The number of halogens is 1. The summed E-state index contributed by atoms with van der Waals surface area (Å²) in [6.07, 6.45) is 2.84. The topological polar surface area (TPSA) is 81.2 Å². The van der Waals surface area contributed by atoms with Crippen molar-refractivity contribution in [3.8, 4) is 0 Å². The van der Waals surface area contributed by atoms with Crippen LogP contribution in [0.1, 0.15) is 19.3 Å². The summed E-state index contributed by atoms with van der Waals surface area (Å²) in [6, 6.07) is 3.66. The van der Waals surface area contributed by atoms with Gasteiger partial charge in [0.2, 0.25) is 0 Å². The van der Waals surface area contributed by atoms with E-state index >= 15 is 0 Å². The number of nitrogens with zero attached hydrogens (tertiary/aromatic N) is 1. The van der Waals surface area contributed by atoms with E-state index in [2.05, 4.69) is 5.32 Å². The number of nitro groups is 1. The Morgan fingerprint density at radius 2 is 2.24 bits per heavy atom. The Morgan fingerprint density at radius 3 is 2.76 bits per heavy atom. The number of benzene rings is 1. The molecular formula is C11H14FN3O2. The molecule has 3 N–H and O–H groups in total. The van der Waals surface area contributed by atoms with Crippen LogP contribution in [0, 0.1) is 15.9 Å². The van der Waals surface area contributed by atoms with Crippen molar-refractivity contribution in [2.45, 2.75) is 31.3 Å². The van der Waals surface area contributed by atoms with Crippen molar-refractivity contribution in [1.29, 1.82) is 0 Å². The van der Waals surface area contributed by atoms with Crippen molar-refractivity contribution in [3.05, 3.63) is 34.1 Å². The molecule has 0 radical (unpaired) electrons. The quantitative estimate of drug-likeness (QED) is 0.624. The van der Waals surface area contributed by atoms with Crippen LogP contribution in [0.15, 0.2) is 18.2 Å². The third-order valence-corrected chi connectivity index (χ3v) is 3.07. The zero-order chi connectivity index (χ0) is 12.4. The van der Waals surface area contributed by atoms with Crippen molar-refractivity contribution < 1.29 is 9.31 Å². The first-order valence-electron chi connectivity index (χ1n) is 5.54. The molecule has 0 heterocycles. The minimum absolute atomic E-state index is 0.0181. The summed E-state index contributed by atoms with van der Waals surface area (Å²) in [7, 11) is 0. The standard InChI is InChI=1S/C11H14FN3O2/c12-8-6-7(15(16)17)4-5-10(8)14-11-3-1-2-9(11)13/h4-6,9,11,14H,1-3,13H2. The third kappa shape index (κ3) is 2.52. The van der Waals surface area contributed by atoms with Crippen LogP contribution in [0.5, 0.6) is 0 Å². The third-order valence-electron chi connectivity index (χ3n) is 3.07. The highest BCUT2D eigenvalue weighted by atomic mass is 19.1. The molecule has 1 saturated carbocycles. The number of nitro benzene ring substituents is 1. The summed E-state index contributed by atoms with van der Waals surface area (Å²) < 4.78 is 13.6. The number of hydrogen-bond donors (Lipinski definition) is 2. The Morgan fingerprint density at radius 1 is 1.47 bits per heavy atom. The highest BCUT2D eigenvalue weighted by Crippen LogP contribution is 2.25. The van der Waals surface area contributed by atoms with E-state index in [9.17, 15) is 14.5 Å². The van der Waals surface area contributed by atoms with Gasteiger partial charge < -0.3 is 11.1 Å². The molecule has 2 rings (SSSR count). The van der Waals surface area contributed by atoms with Gasteiger partial charge in [-0.1, -0.05) is 0 Å². The first-order chi connectivity index (χ1) is 8.08. The maximum atomic E-state index is 13.6. The van der Waals surface area contributed by atoms with Gasteiger partial charge in [-0.3, -0.25) is 10.1 Å². The molecule has 1 fully saturated rings. The summed E-state index contributed by atoms with van der Waals surface area (Å²) in [4.78, 5) is 9.84. The smallest absolute Gasteiger partial charge is 0.272 e. The normalized spacial score (nSPS) is 23.6. The molecule has 2 unspecified atom stereocenters. The highest BCUT2D eigenvalue weighted by Gasteiger charge is 2.24. The van der Waals surface area contributed by atoms with Gasteiger partial charge in [0.25, 0.3) is 5.69 Å². The van der Waals surface area contributed by atoms with E-state index in [4.69, 9.17) is 5.73 Å². The molecule has 92 valence electrons. The summed E-state index contributed by atoms with van der Waals surface area (Å²) >= 11 is 0. The molecule has 0 saturated heterocycles. The van der Waals surface area contributed by atoms with Gasteiger partial charge in [-0.25, -0.2) is 4.39 Å². The van der Waals surface area contributed by atoms with Crippen LogP contribution in [0.25, 0.3) is 0 Å². The number of nitrogens with one attached hydrogen (secondary N) is 1. The minimum atomic E-state index is -0.617. The van der Waals surface area contributed by atoms with E-state index in [1.165, 1.54) is 12.1 Å². The molecule has 1 aliphatic rings. The Hall–Kier alpha value is -1.69. The molecule has 0 aliphatic heterocycles. The van der Waals surface area contributed by atoms with E-state index < -0.39 is 10.7 Å². The van der Waals surface area contributed by atoms with Crippen LogP contribution in [0.4, 0.5) is 15.8 Å². The second-order valence-corrected chi connectivity index (χ2v) is 4.27. The molecule has 0 amide bonds. The molecule has 0 aromatic heterocycles. The monoisotopic (exact) mass is 239 g/mol. The zero-order valence-electron chi connectivity index (χ0n) is 9.23. The summed E-state index contributed by atoms with van der Waals surface area (Å²) in [5.41, 5.74) is 5.89. The average Bonchev–Trinajstić information content (AvgIpc) is 2.67. The van der Waals surface area contributed by atoms with E-state index in [1.807, 2.05) is 0 Å².